The highest BCUT2D eigenvalue weighted by atomic mass is 19.3. The van der Waals surface area contributed by atoms with Gasteiger partial charge in [-0.15, -0.1) is 0 Å². The fourth-order valence-corrected chi connectivity index (χ4v) is 1.72. The van der Waals surface area contributed by atoms with Crippen molar-refractivity contribution < 1.29 is 23.7 Å². The van der Waals surface area contributed by atoms with E-state index in [0.717, 1.165) is 12.3 Å². The molecule has 4 N–H and O–H groups in total. The first-order valence-corrected chi connectivity index (χ1v) is 5.04. The Bertz CT molecular complexity index is 507. The lowest BCUT2D eigenvalue weighted by molar-refractivity contribution is -0.140. The number of hydrogen-bond acceptors (Lipinski definition) is 6. The molecule has 1 aromatic heterocycles. The lowest BCUT2D eigenvalue weighted by atomic mass is 10.1. The smallest absolute Gasteiger partial charge is 0.351 e. The molecule has 1 aliphatic rings. The molecule has 0 saturated carbocycles. The predicted molar refractivity (Wildman–Crippen MR) is 54.9 cm³/mol. The highest BCUT2D eigenvalue weighted by molar-refractivity contribution is 5.23. The van der Waals surface area contributed by atoms with Crippen molar-refractivity contribution >= 4 is 5.82 Å². The number of nitrogens with two attached hydrogens (primary N) is 1. The van der Waals surface area contributed by atoms with E-state index in [1.165, 1.54) is 0 Å². The molecule has 7 nitrogen and oxygen atoms in total. The van der Waals surface area contributed by atoms with E-state index in [1.807, 2.05) is 0 Å². The van der Waals surface area contributed by atoms with E-state index in [4.69, 9.17) is 15.6 Å². The number of nitrogens with zero attached hydrogens (tertiary/aromatic N) is 2. The number of anilines is 1. The van der Waals surface area contributed by atoms with Crippen molar-refractivity contribution in [1.29, 1.82) is 0 Å². The average molecular weight is 263 g/mol. The third kappa shape index (κ3) is 1.85. The van der Waals surface area contributed by atoms with E-state index in [-0.39, 0.29) is 5.82 Å². The van der Waals surface area contributed by atoms with Gasteiger partial charge in [-0.05, 0) is 6.07 Å². The number of rotatable bonds is 2. The largest absolute Gasteiger partial charge is 0.394 e. The Morgan fingerprint density at radius 1 is 1.61 bits per heavy atom. The second-order valence-electron chi connectivity index (χ2n) is 3.87. The van der Waals surface area contributed by atoms with Gasteiger partial charge in [0.15, 0.2) is 6.10 Å². The minimum atomic E-state index is -3.71. The molecule has 0 aromatic carbocycles. The number of aliphatic hydroxyl groups is 2. The molecule has 0 radical (unpaired) electrons. The summed E-state index contributed by atoms with van der Waals surface area (Å²) in [6, 6.07) is 1.15. The molecule has 9 heteroatoms. The molecule has 1 aliphatic heterocycles. The van der Waals surface area contributed by atoms with E-state index >= 15 is 0 Å². The summed E-state index contributed by atoms with van der Waals surface area (Å²) in [5.74, 6) is -3.83. The van der Waals surface area contributed by atoms with Gasteiger partial charge in [0.2, 0.25) is 6.23 Å². The third-order valence-corrected chi connectivity index (χ3v) is 2.66. The summed E-state index contributed by atoms with van der Waals surface area (Å²) in [6.07, 6.45) is -4.69. The van der Waals surface area contributed by atoms with Crippen molar-refractivity contribution in [2.24, 2.45) is 0 Å². The van der Waals surface area contributed by atoms with Crippen LogP contribution in [0.3, 0.4) is 0 Å². The number of ether oxygens (including phenoxy) is 1. The molecule has 1 saturated heterocycles. The summed E-state index contributed by atoms with van der Waals surface area (Å²) < 4.78 is 32.7. The van der Waals surface area contributed by atoms with Gasteiger partial charge in [-0.25, -0.2) is 4.79 Å². The first-order valence-electron chi connectivity index (χ1n) is 5.04. The number of alkyl halides is 2. The zero-order valence-electron chi connectivity index (χ0n) is 9.03. The summed E-state index contributed by atoms with van der Waals surface area (Å²) in [6.45, 7) is -0.787. The summed E-state index contributed by atoms with van der Waals surface area (Å²) in [5.41, 5.74) is 4.21. The second-order valence-corrected chi connectivity index (χ2v) is 3.87. The van der Waals surface area contributed by atoms with Crippen LogP contribution in [0.15, 0.2) is 17.1 Å². The Morgan fingerprint density at radius 3 is 2.78 bits per heavy atom. The van der Waals surface area contributed by atoms with Crippen molar-refractivity contribution in [3.63, 3.8) is 0 Å². The van der Waals surface area contributed by atoms with Gasteiger partial charge in [0.25, 0.3) is 0 Å². The fraction of sp³-hybridized carbons (Fsp3) is 0.556. The van der Waals surface area contributed by atoms with Crippen molar-refractivity contribution in [3.05, 3.63) is 22.7 Å². The van der Waals surface area contributed by atoms with Crippen LogP contribution >= 0.6 is 0 Å². The molecule has 1 fully saturated rings. The van der Waals surface area contributed by atoms with Crippen molar-refractivity contribution in [3.8, 4) is 0 Å². The summed E-state index contributed by atoms with van der Waals surface area (Å²) in [5, 5.41) is 18.1. The third-order valence-electron chi connectivity index (χ3n) is 2.66. The van der Waals surface area contributed by atoms with Gasteiger partial charge in [-0.2, -0.15) is 13.8 Å². The topological polar surface area (TPSA) is 111 Å². The maximum atomic E-state index is 13.7. The average Bonchev–Trinajstić information content (AvgIpc) is 2.52. The molecule has 3 atom stereocenters. The molecular weight excluding hydrogens is 252 g/mol. The van der Waals surface area contributed by atoms with Crippen LogP contribution in [0.1, 0.15) is 6.23 Å². The first kappa shape index (κ1) is 12.9. The Balaban J connectivity index is 2.42. The lowest BCUT2D eigenvalue weighted by Gasteiger charge is -2.20. The Morgan fingerprint density at radius 2 is 2.28 bits per heavy atom. The molecule has 0 spiro atoms. The minimum absolute atomic E-state index is 0.114. The van der Waals surface area contributed by atoms with Gasteiger partial charge < -0.3 is 20.7 Å². The standard InChI is InChI=1S/C9H11F2N3O4/c10-9(11)6(16)4(3-15)18-7(9)14-2-1-5(12)13-8(14)17/h1-2,4,6-7,15-16H,3H2,(H2,12,13,17)/t4?,6-,7?/m0/s1. The minimum Gasteiger partial charge on any atom is -0.394 e. The monoisotopic (exact) mass is 263 g/mol. The van der Waals surface area contributed by atoms with E-state index in [1.54, 1.807) is 0 Å². The van der Waals surface area contributed by atoms with Crippen molar-refractivity contribution in [1.82, 2.24) is 9.55 Å². The van der Waals surface area contributed by atoms with Crippen LogP contribution in [0, 0.1) is 0 Å². The zero-order chi connectivity index (χ0) is 13.5. The van der Waals surface area contributed by atoms with Crippen LogP contribution in [-0.4, -0.2) is 44.5 Å². The van der Waals surface area contributed by atoms with E-state index in [0.29, 0.717) is 4.57 Å². The SMILES string of the molecule is Nc1ccn(C2OC(CO)[C@H](O)C2(F)F)c(=O)n1. The van der Waals surface area contributed by atoms with Crippen LogP contribution in [0.25, 0.3) is 0 Å². The maximum absolute atomic E-state index is 13.7. The molecular formula is C9H11F2N3O4. The molecule has 2 rings (SSSR count). The number of aliphatic hydroxyl groups excluding tert-OH is 2. The number of hydrogen-bond donors (Lipinski definition) is 3. The van der Waals surface area contributed by atoms with Gasteiger partial charge in [-0.3, -0.25) is 4.57 Å². The van der Waals surface area contributed by atoms with Crippen LogP contribution in [0.5, 0.6) is 0 Å². The molecule has 2 unspecified atom stereocenters. The van der Waals surface area contributed by atoms with E-state index < -0.39 is 36.7 Å². The van der Waals surface area contributed by atoms with Gasteiger partial charge >= 0.3 is 11.6 Å². The molecule has 0 bridgehead atoms. The number of aromatic nitrogens is 2. The number of halogens is 2. The van der Waals surface area contributed by atoms with E-state index in [9.17, 15) is 18.7 Å². The van der Waals surface area contributed by atoms with Crippen LogP contribution in [-0.2, 0) is 4.74 Å². The Kier molecular flexibility index (Phi) is 3.05. The molecule has 0 aliphatic carbocycles. The van der Waals surface area contributed by atoms with Gasteiger partial charge in [0.1, 0.15) is 11.9 Å². The number of nitrogen functional groups attached to an aromatic ring is 1. The van der Waals surface area contributed by atoms with Crippen molar-refractivity contribution in [2.75, 3.05) is 12.3 Å². The zero-order valence-corrected chi connectivity index (χ0v) is 9.03. The highest BCUT2D eigenvalue weighted by Crippen LogP contribution is 2.41. The quantitative estimate of drug-likeness (QED) is 0.612. The Labute approximate surface area is 99.4 Å². The maximum Gasteiger partial charge on any atom is 0.351 e. The summed E-state index contributed by atoms with van der Waals surface area (Å²) in [4.78, 5) is 14.7. The normalized spacial score (nSPS) is 30.6. The van der Waals surface area contributed by atoms with Crippen LogP contribution in [0.2, 0.25) is 0 Å². The second kappa shape index (κ2) is 4.26. The van der Waals surface area contributed by atoms with E-state index in [2.05, 4.69) is 4.98 Å². The van der Waals surface area contributed by atoms with Gasteiger partial charge in [0.05, 0.1) is 6.61 Å². The fourth-order valence-electron chi connectivity index (χ4n) is 1.72. The van der Waals surface area contributed by atoms with Crippen LogP contribution in [0.4, 0.5) is 14.6 Å². The van der Waals surface area contributed by atoms with Gasteiger partial charge in [0, 0.05) is 6.20 Å². The predicted octanol–water partition coefficient (Wildman–Crippen LogP) is -1.29. The van der Waals surface area contributed by atoms with Crippen molar-refractivity contribution in [2.45, 2.75) is 24.4 Å². The molecule has 2 heterocycles. The first-order chi connectivity index (χ1) is 8.37. The summed E-state index contributed by atoms with van der Waals surface area (Å²) in [7, 11) is 0. The van der Waals surface area contributed by atoms with Gasteiger partial charge in [-0.1, -0.05) is 0 Å². The molecule has 0 amide bonds. The highest BCUT2D eigenvalue weighted by Gasteiger charge is 2.59. The lowest BCUT2D eigenvalue weighted by Crippen LogP contribution is -2.41. The Hall–Kier alpha value is -1.58. The molecule has 18 heavy (non-hydrogen) atoms. The molecule has 100 valence electrons. The summed E-state index contributed by atoms with van der Waals surface area (Å²) >= 11 is 0. The van der Waals surface area contributed by atoms with Crippen LogP contribution < -0.4 is 11.4 Å². The molecule has 1 aromatic rings.